The molecule has 0 fully saturated rings. The highest BCUT2D eigenvalue weighted by molar-refractivity contribution is 6.04. The van der Waals surface area contributed by atoms with Gasteiger partial charge in [-0.15, -0.1) is 0 Å². The van der Waals surface area contributed by atoms with Gasteiger partial charge >= 0.3 is 0 Å². The average molecular weight is 399 g/mol. The Morgan fingerprint density at radius 3 is 2.63 bits per heavy atom. The second kappa shape index (κ2) is 8.49. The standard InChI is InChI=1S/C25H25N3O2/c1-3-24(29)28-22(15-19-10-7-13-26-17(19)2)16-20-14-21(11-12-23(20)28)27-25(30)18-8-5-4-6-9-18/h4-14,22H,3,15-16H2,1-2H3,(H,27,30). The van der Waals surface area contributed by atoms with Crippen LogP contribution in [0.1, 0.15) is 40.5 Å². The Morgan fingerprint density at radius 2 is 1.90 bits per heavy atom. The second-order valence-electron chi connectivity index (χ2n) is 7.59. The number of amides is 2. The number of pyridine rings is 1. The van der Waals surface area contributed by atoms with Crippen molar-refractivity contribution < 1.29 is 9.59 Å². The molecule has 0 radical (unpaired) electrons. The third-order valence-electron chi connectivity index (χ3n) is 5.60. The van der Waals surface area contributed by atoms with Crippen LogP contribution in [0.5, 0.6) is 0 Å². The van der Waals surface area contributed by atoms with Crippen LogP contribution in [-0.2, 0) is 17.6 Å². The average Bonchev–Trinajstić information content (AvgIpc) is 3.12. The highest BCUT2D eigenvalue weighted by Gasteiger charge is 2.33. The van der Waals surface area contributed by atoms with E-state index in [1.165, 1.54) is 0 Å². The van der Waals surface area contributed by atoms with Gasteiger partial charge < -0.3 is 10.2 Å². The molecular weight excluding hydrogens is 374 g/mol. The van der Waals surface area contributed by atoms with Crippen molar-refractivity contribution in [3.8, 4) is 0 Å². The lowest BCUT2D eigenvalue weighted by Gasteiger charge is -2.26. The molecule has 2 heterocycles. The van der Waals surface area contributed by atoms with Crippen LogP contribution in [0.25, 0.3) is 0 Å². The number of benzene rings is 2. The van der Waals surface area contributed by atoms with Crippen molar-refractivity contribution in [3.05, 3.63) is 89.2 Å². The molecule has 4 rings (SSSR count). The number of hydrogen-bond acceptors (Lipinski definition) is 3. The lowest BCUT2D eigenvalue weighted by atomic mass is 10.0. The molecule has 30 heavy (non-hydrogen) atoms. The SMILES string of the molecule is CCC(=O)N1c2ccc(NC(=O)c3ccccc3)cc2CC1Cc1cccnc1C. The van der Waals surface area contributed by atoms with Gasteiger partial charge in [0, 0.05) is 41.3 Å². The van der Waals surface area contributed by atoms with Gasteiger partial charge in [-0.3, -0.25) is 14.6 Å². The minimum Gasteiger partial charge on any atom is -0.322 e. The smallest absolute Gasteiger partial charge is 0.255 e. The topological polar surface area (TPSA) is 62.3 Å². The summed E-state index contributed by atoms with van der Waals surface area (Å²) in [5.41, 5.74) is 5.52. The maximum absolute atomic E-state index is 12.8. The third kappa shape index (κ3) is 3.96. The van der Waals surface area contributed by atoms with Gasteiger partial charge in [0.2, 0.25) is 5.91 Å². The summed E-state index contributed by atoms with van der Waals surface area (Å²) in [4.78, 5) is 31.6. The van der Waals surface area contributed by atoms with Crippen molar-refractivity contribution in [2.45, 2.75) is 39.2 Å². The molecule has 0 bridgehead atoms. The number of hydrogen-bond donors (Lipinski definition) is 1. The molecule has 3 aromatic rings. The van der Waals surface area contributed by atoms with Crippen LogP contribution in [-0.4, -0.2) is 22.8 Å². The molecule has 5 nitrogen and oxygen atoms in total. The minimum atomic E-state index is -0.141. The summed E-state index contributed by atoms with van der Waals surface area (Å²) in [6.45, 7) is 3.89. The van der Waals surface area contributed by atoms with E-state index in [4.69, 9.17) is 0 Å². The lowest BCUT2D eigenvalue weighted by molar-refractivity contribution is -0.118. The van der Waals surface area contributed by atoms with E-state index in [0.717, 1.165) is 41.0 Å². The van der Waals surface area contributed by atoms with Gasteiger partial charge in [0.25, 0.3) is 5.91 Å². The van der Waals surface area contributed by atoms with Crippen molar-refractivity contribution in [2.75, 3.05) is 10.2 Å². The van der Waals surface area contributed by atoms with Gasteiger partial charge in [-0.1, -0.05) is 31.2 Å². The van der Waals surface area contributed by atoms with Crippen LogP contribution in [0.3, 0.4) is 0 Å². The van der Waals surface area contributed by atoms with Crippen molar-refractivity contribution in [3.63, 3.8) is 0 Å². The zero-order valence-corrected chi connectivity index (χ0v) is 17.3. The van der Waals surface area contributed by atoms with Gasteiger partial charge in [0.05, 0.1) is 0 Å². The first-order chi connectivity index (χ1) is 14.6. The Morgan fingerprint density at radius 1 is 1.10 bits per heavy atom. The maximum Gasteiger partial charge on any atom is 0.255 e. The molecule has 152 valence electrons. The number of anilines is 2. The van der Waals surface area contributed by atoms with Crippen LogP contribution in [0.15, 0.2) is 66.9 Å². The predicted molar refractivity (Wildman–Crippen MR) is 119 cm³/mol. The summed E-state index contributed by atoms with van der Waals surface area (Å²) in [6, 6.07) is 19.0. The molecular formula is C25H25N3O2. The molecule has 1 aromatic heterocycles. The molecule has 0 aliphatic carbocycles. The van der Waals surface area contributed by atoms with Gasteiger partial charge in [-0.05, 0) is 67.3 Å². The number of carbonyl (C=O) groups is 2. The number of aromatic nitrogens is 1. The quantitative estimate of drug-likeness (QED) is 0.684. The van der Waals surface area contributed by atoms with Gasteiger partial charge in [-0.2, -0.15) is 0 Å². The Labute approximate surface area is 176 Å². The van der Waals surface area contributed by atoms with Crippen molar-refractivity contribution in [1.29, 1.82) is 0 Å². The summed E-state index contributed by atoms with van der Waals surface area (Å²) in [6.07, 6.45) is 3.75. The summed E-state index contributed by atoms with van der Waals surface area (Å²) in [7, 11) is 0. The van der Waals surface area contributed by atoms with Crippen LogP contribution >= 0.6 is 0 Å². The lowest BCUT2D eigenvalue weighted by Crippen LogP contribution is -2.38. The van der Waals surface area contributed by atoms with Gasteiger partial charge in [-0.25, -0.2) is 0 Å². The molecule has 1 aliphatic heterocycles. The van der Waals surface area contributed by atoms with Crippen LogP contribution < -0.4 is 10.2 Å². The first kappa shape index (κ1) is 19.8. The molecule has 2 aromatic carbocycles. The van der Waals surface area contributed by atoms with E-state index >= 15 is 0 Å². The number of nitrogens with zero attached hydrogens (tertiary/aromatic N) is 2. The summed E-state index contributed by atoms with van der Waals surface area (Å²) < 4.78 is 0. The first-order valence-electron chi connectivity index (χ1n) is 10.3. The van der Waals surface area contributed by atoms with Crippen molar-refractivity contribution in [1.82, 2.24) is 4.98 Å². The Balaban J connectivity index is 1.59. The van der Waals surface area contributed by atoms with Crippen LogP contribution in [0.4, 0.5) is 11.4 Å². The van der Waals surface area contributed by atoms with E-state index in [2.05, 4.69) is 16.4 Å². The molecule has 1 N–H and O–H groups in total. The molecule has 0 saturated carbocycles. The van der Waals surface area contributed by atoms with E-state index in [-0.39, 0.29) is 17.9 Å². The summed E-state index contributed by atoms with van der Waals surface area (Å²) in [5.74, 6) is -0.0288. The first-order valence-corrected chi connectivity index (χ1v) is 10.3. The van der Waals surface area contributed by atoms with Crippen LogP contribution in [0, 0.1) is 6.92 Å². The number of aryl methyl sites for hydroxylation is 1. The van der Waals surface area contributed by atoms with Crippen molar-refractivity contribution in [2.24, 2.45) is 0 Å². The number of rotatable bonds is 5. The summed E-state index contributed by atoms with van der Waals surface area (Å²) in [5, 5.41) is 2.97. The van der Waals surface area contributed by atoms with E-state index in [1.807, 2.05) is 61.2 Å². The third-order valence-corrected chi connectivity index (χ3v) is 5.60. The highest BCUT2D eigenvalue weighted by Crippen LogP contribution is 2.36. The Kier molecular flexibility index (Phi) is 5.61. The maximum atomic E-state index is 12.8. The van der Waals surface area contributed by atoms with Gasteiger partial charge in [0.15, 0.2) is 0 Å². The summed E-state index contributed by atoms with van der Waals surface area (Å²) >= 11 is 0. The fourth-order valence-electron chi connectivity index (χ4n) is 4.06. The fourth-order valence-corrected chi connectivity index (χ4v) is 4.06. The van der Waals surface area contributed by atoms with E-state index < -0.39 is 0 Å². The number of nitrogens with one attached hydrogen (secondary N) is 1. The van der Waals surface area contributed by atoms with E-state index in [0.29, 0.717) is 12.0 Å². The van der Waals surface area contributed by atoms with E-state index in [1.54, 1.807) is 18.3 Å². The number of carbonyl (C=O) groups excluding carboxylic acids is 2. The number of fused-ring (bicyclic) bond motifs is 1. The second-order valence-corrected chi connectivity index (χ2v) is 7.59. The van der Waals surface area contributed by atoms with Crippen LogP contribution in [0.2, 0.25) is 0 Å². The monoisotopic (exact) mass is 399 g/mol. The molecule has 2 amide bonds. The van der Waals surface area contributed by atoms with Gasteiger partial charge in [0.1, 0.15) is 0 Å². The largest absolute Gasteiger partial charge is 0.322 e. The zero-order chi connectivity index (χ0) is 21.1. The normalized spacial score (nSPS) is 15.0. The minimum absolute atomic E-state index is 0.0513. The zero-order valence-electron chi connectivity index (χ0n) is 17.3. The highest BCUT2D eigenvalue weighted by atomic mass is 16.2. The van der Waals surface area contributed by atoms with Crippen molar-refractivity contribution >= 4 is 23.2 Å². The molecule has 0 spiro atoms. The fraction of sp³-hybridized carbons (Fsp3) is 0.240. The molecule has 1 aliphatic rings. The Hall–Kier alpha value is -3.47. The Bertz CT molecular complexity index is 1080. The predicted octanol–water partition coefficient (Wildman–Crippen LogP) is 4.55. The molecule has 0 saturated heterocycles. The molecule has 5 heteroatoms. The van der Waals surface area contributed by atoms with E-state index in [9.17, 15) is 9.59 Å². The molecule has 1 unspecified atom stereocenters. The molecule has 1 atom stereocenters.